The molecule has 5 nitrogen and oxygen atoms in total. The summed E-state index contributed by atoms with van der Waals surface area (Å²) in [6.07, 6.45) is 5.08. The number of nitrogens with zero attached hydrogens (tertiary/aromatic N) is 2. The van der Waals surface area contributed by atoms with Crippen molar-refractivity contribution in [3.05, 3.63) is 22.9 Å². The Morgan fingerprint density at radius 3 is 3.11 bits per heavy atom. The van der Waals surface area contributed by atoms with Gasteiger partial charge in [-0.3, -0.25) is 0 Å². The summed E-state index contributed by atoms with van der Waals surface area (Å²) >= 11 is 3.52. The molecule has 3 heterocycles. The van der Waals surface area contributed by atoms with E-state index in [9.17, 15) is 9.90 Å². The standard InChI is InChI=1S/C13H16BrN3O2/c1-16-10-3-2-6-17(13(18)19)7-9(10)8-4-5-11(14)15-12(8)16/h4-5,11,15H,2-3,6-7H2,1H3,(H,18,19). The highest BCUT2D eigenvalue weighted by Gasteiger charge is 2.27. The second-order valence-corrected chi connectivity index (χ2v) is 5.95. The van der Waals surface area contributed by atoms with E-state index in [1.54, 1.807) is 0 Å². The van der Waals surface area contributed by atoms with E-state index < -0.39 is 6.09 Å². The zero-order valence-corrected chi connectivity index (χ0v) is 12.3. The summed E-state index contributed by atoms with van der Waals surface area (Å²) in [5.74, 6) is 1.07. The summed E-state index contributed by atoms with van der Waals surface area (Å²) in [5.41, 5.74) is 3.51. The van der Waals surface area contributed by atoms with Gasteiger partial charge in [0.1, 0.15) is 10.8 Å². The maximum Gasteiger partial charge on any atom is 0.407 e. The van der Waals surface area contributed by atoms with E-state index >= 15 is 0 Å². The fourth-order valence-corrected chi connectivity index (χ4v) is 3.27. The number of nitrogens with one attached hydrogen (secondary N) is 1. The van der Waals surface area contributed by atoms with Gasteiger partial charge in [-0.25, -0.2) is 4.79 Å². The Labute approximate surface area is 120 Å². The summed E-state index contributed by atoms with van der Waals surface area (Å²) in [4.78, 5) is 12.9. The predicted octanol–water partition coefficient (Wildman–Crippen LogP) is 2.61. The first kappa shape index (κ1) is 12.6. The van der Waals surface area contributed by atoms with Gasteiger partial charge in [-0.05, 0) is 12.8 Å². The van der Waals surface area contributed by atoms with Gasteiger partial charge in [-0.1, -0.05) is 28.1 Å². The van der Waals surface area contributed by atoms with Crippen LogP contribution < -0.4 is 5.32 Å². The van der Waals surface area contributed by atoms with Crippen molar-refractivity contribution in [1.82, 2.24) is 9.47 Å². The number of aromatic nitrogens is 1. The molecular weight excluding hydrogens is 310 g/mol. The third kappa shape index (κ3) is 2.04. The largest absolute Gasteiger partial charge is 0.465 e. The van der Waals surface area contributed by atoms with Crippen LogP contribution in [0.4, 0.5) is 10.6 Å². The van der Waals surface area contributed by atoms with Crippen molar-refractivity contribution in [2.45, 2.75) is 24.3 Å². The van der Waals surface area contributed by atoms with Gasteiger partial charge in [0, 0.05) is 30.4 Å². The number of carbonyl (C=O) groups is 1. The zero-order valence-electron chi connectivity index (χ0n) is 10.7. The molecule has 6 heteroatoms. The monoisotopic (exact) mass is 325 g/mol. The van der Waals surface area contributed by atoms with Crippen LogP contribution >= 0.6 is 15.9 Å². The molecule has 1 amide bonds. The van der Waals surface area contributed by atoms with E-state index in [1.165, 1.54) is 10.6 Å². The first-order chi connectivity index (χ1) is 9.08. The van der Waals surface area contributed by atoms with Gasteiger partial charge in [0.15, 0.2) is 0 Å². The Hall–Kier alpha value is -1.43. The lowest BCUT2D eigenvalue weighted by molar-refractivity contribution is 0.143. The Kier molecular flexibility index (Phi) is 3.05. The van der Waals surface area contributed by atoms with Crippen molar-refractivity contribution in [2.24, 2.45) is 7.05 Å². The number of hydrogen-bond donors (Lipinski definition) is 2. The highest BCUT2D eigenvalue weighted by Crippen LogP contribution is 2.35. The van der Waals surface area contributed by atoms with Crippen LogP contribution in [0.15, 0.2) is 6.08 Å². The smallest absolute Gasteiger partial charge is 0.407 e. The highest BCUT2D eigenvalue weighted by molar-refractivity contribution is 9.09. The zero-order chi connectivity index (χ0) is 13.6. The summed E-state index contributed by atoms with van der Waals surface area (Å²) in [5, 5.41) is 12.6. The van der Waals surface area contributed by atoms with Crippen molar-refractivity contribution in [3.8, 4) is 0 Å². The van der Waals surface area contributed by atoms with Crippen LogP contribution in [0.5, 0.6) is 0 Å². The van der Waals surface area contributed by atoms with E-state index in [-0.39, 0.29) is 4.95 Å². The Morgan fingerprint density at radius 2 is 2.37 bits per heavy atom. The number of rotatable bonds is 0. The number of anilines is 1. The molecule has 0 spiro atoms. The van der Waals surface area contributed by atoms with Crippen LogP contribution in [-0.4, -0.2) is 32.2 Å². The van der Waals surface area contributed by atoms with Crippen LogP contribution in [0.25, 0.3) is 6.08 Å². The number of alkyl halides is 1. The summed E-state index contributed by atoms with van der Waals surface area (Å²) in [6.45, 7) is 1.09. The quantitative estimate of drug-likeness (QED) is 0.569. The molecule has 2 aliphatic rings. The SMILES string of the molecule is Cn1c2c(c3c1NC(Br)C=C3)CN(C(=O)O)CCC2. The number of hydrogen-bond acceptors (Lipinski definition) is 2. The third-order valence-electron chi connectivity index (χ3n) is 3.84. The Balaban J connectivity index is 2.07. The van der Waals surface area contributed by atoms with E-state index in [1.807, 2.05) is 13.1 Å². The second-order valence-electron chi connectivity index (χ2n) is 4.96. The molecular formula is C13H16BrN3O2. The van der Waals surface area contributed by atoms with E-state index in [0.717, 1.165) is 29.8 Å². The average Bonchev–Trinajstić information content (AvgIpc) is 2.56. The van der Waals surface area contributed by atoms with E-state index in [2.05, 4.69) is 31.9 Å². The van der Waals surface area contributed by atoms with Crippen LogP contribution in [0.3, 0.4) is 0 Å². The fraction of sp³-hybridized carbons (Fsp3) is 0.462. The number of amides is 1. The molecule has 0 saturated carbocycles. The lowest BCUT2D eigenvalue weighted by Crippen LogP contribution is -2.29. The van der Waals surface area contributed by atoms with E-state index in [4.69, 9.17) is 0 Å². The molecule has 0 aromatic carbocycles. The molecule has 19 heavy (non-hydrogen) atoms. The number of fused-ring (bicyclic) bond motifs is 3. The first-order valence-corrected chi connectivity index (χ1v) is 7.26. The topological polar surface area (TPSA) is 57.5 Å². The lowest BCUT2D eigenvalue weighted by atomic mass is 10.1. The van der Waals surface area contributed by atoms with Crippen LogP contribution in [0, 0.1) is 0 Å². The first-order valence-electron chi connectivity index (χ1n) is 6.35. The Morgan fingerprint density at radius 1 is 1.58 bits per heavy atom. The molecule has 2 aliphatic heterocycles. The molecule has 1 unspecified atom stereocenters. The van der Waals surface area contributed by atoms with Gasteiger partial charge >= 0.3 is 6.09 Å². The predicted molar refractivity (Wildman–Crippen MR) is 77.5 cm³/mol. The van der Waals surface area contributed by atoms with Crippen LogP contribution in [0.2, 0.25) is 0 Å². The minimum atomic E-state index is -0.837. The van der Waals surface area contributed by atoms with E-state index in [0.29, 0.717) is 13.1 Å². The highest BCUT2D eigenvalue weighted by atomic mass is 79.9. The van der Waals surface area contributed by atoms with Crippen molar-refractivity contribution >= 4 is 33.9 Å². The molecule has 0 saturated heterocycles. The fourth-order valence-electron chi connectivity index (χ4n) is 2.90. The molecule has 102 valence electrons. The van der Waals surface area contributed by atoms with Gasteiger partial charge in [0.25, 0.3) is 0 Å². The molecule has 0 aliphatic carbocycles. The number of carboxylic acid groups (broad SMARTS) is 1. The Bertz CT molecular complexity index is 565. The lowest BCUT2D eigenvalue weighted by Gasteiger charge is -2.19. The van der Waals surface area contributed by atoms with Crippen LogP contribution in [0.1, 0.15) is 23.2 Å². The van der Waals surface area contributed by atoms with Gasteiger partial charge in [0.2, 0.25) is 0 Å². The second kappa shape index (κ2) is 4.59. The van der Waals surface area contributed by atoms with Crippen LogP contribution in [-0.2, 0) is 20.0 Å². The molecule has 1 atom stereocenters. The minimum absolute atomic E-state index is 0.132. The summed E-state index contributed by atoms with van der Waals surface area (Å²) < 4.78 is 2.16. The normalized spacial score (nSPS) is 21.4. The van der Waals surface area contributed by atoms with Crippen molar-refractivity contribution in [2.75, 3.05) is 11.9 Å². The third-order valence-corrected chi connectivity index (χ3v) is 4.37. The summed E-state index contributed by atoms with van der Waals surface area (Å²) in [7, 11) is 2.04. The molecule has 0 radical (unpaired) electrons. The van der Waals surface area contributed by atoms with Crippen molar-refractivity contribution < 1.29 is 9.90 Å². The molecule has 3 rings (SSSR count). The van der Waals surface area contributed by atoms with Gasteiger partial charge in [-0.2, -0.15) is 0 Å². The maximum absolute atomic E-state index is 11.2. The molecule has 1 aromatic heterocycles. The number of halogens is 1. The molecule has 2 N–H and O–H groups in total. The molecule has 0 bridgehead atoms. The van der Waals surface area contributed by atoms with Crippen molar-refractivity contribution in [1.29, 1.82) is 0 Å². The van der Waals surface area contributed by atoms with Gasteiger partial charge in [0.05, 0.1) is 6.54 Å². The minimum Gasteiger partial charge on any atom is -0.465 e. The van der Waals surface area contributed by atoms with Crippen molar-refractivity contribution in [3.63, 3.8) is 0 Å². The average molecular weight is 326 g/mol. The maximum atomic E-state index is 11.2. The van der Waals surface area contributed by atoms with Gasteiger partial charge < -0.3 is 19.9 Å². The summed E-state index contributed by atoms with van der Waals surface area (Å²) in [6, 6.07) is 0. The molecule has 1 aromatic rings. The molecule has 0 fully saturated rings. The van der Waals surface area contributed by atoms with Gasteiger partial charge in [-0.15, -0.1) is 0 Å².